The summed E-state index contributed by atoms with van der Waals surface area (Å²) in [4.78, 5) is 3.54. The SMILES string of the molecule is S=C=NCP=S. The summed E-state index contributed by atoms with van der Waals surface area (Å²) in [5.41, 5.74) is 0. The Labute approximate surface area is 48.3 Å². The summed E-state index contributed by atoms with van der Waals surface area (Å²) in [5.74, 6) is 0. The number of aliphatic imine (C=N–C) groups is 1. The fourth-order valence-electron chi connectivity index (χ4n) is 0.0577. The Bertz CT molecular complexity index is 85.5. The van der Waals surface area contributed by atoms with Crippen molar-refractivity contribution >= 4 is 36.5 Å². The number of nitrogens with zero attached hydrogens (tertiary/aromatic N) is 1. The van der Waals surface area contributed by atoms with Crippen molar-refractivity contribution in [2.75, 3.05) is 6.29 Å². The van der Waals surface area contributed by atoms with Gasteiger partial charge in [-0.05, 0) is 19.6 Å². The second-order valence-electron chi connectivity index (χ2n) is 0.520. The maximum atomic E-state index is 4.51. The van der Waals surface area contributed by atoms with Crippen LogP contribution in [-0.4, -0.2) is 11.4 Å². The fraction of sp³-hybridized carbons (Fsp3) is 0.500. The van der Waals surface area contributed by atoms with Gasteiger partial charge in [-0.2, -0.15) is 0 Å². The molecule has 0 saturated carbocycles. The van der Waals surface area contributed by atoms with Crippen LogP contribution < -0.4 is 0 Å². The molecule has 0 radical (unpaired) electrons. The Balaban J connectivity index is 3.07. The molecule has 0 amide bonds. The Morgan fingerprint density at radius 3 is 2.67 bits per heavy atom. The van der Waals surface area contributed by atoms with Gasteiger partial charge < -0.3 is 0 Å². The van der Waals surface area contributed by atoms with Crippen LogP contribution in [0.15, 0.2) is 4.99 Å². The molecular weight excluding hydrogens is 133 g/mol. The van der Waals surface area contributed by atoms with Gasteiger partial charge in [0.05, 0.1) is 5.16 Å². The van der Waals surface area contributed by atoms with Crippen molar-refractivity contribution in [2.24, 2.45) is 4.99 Å². The van der Waals surface area contributed by atoms with Gasteiger partial charge in [-0.3, -0.25) is 0 Å². The van der Waals surface area contributed by atoms with Crippen LogP contribution in [0, 0.1) is 0 Å². The van der Waals surface area contributed by atoms with E-state index in [1.54, 1.807) is 0 Å². The molecule has 0 saturated heterocycles. The summed E-state index contributed by atoms with van der Waals surface area (Å²) in [6, 6.07) is 0. The highest BCUT2D eigenvalue weighted by molar-refractivity contribution is 7.96. The lowest BCUT2D eigenvalue weighted by Crippen LogP contribution is -1.52. The lowest BCUT2D eigenvalue weighted by atomic mass is 11.4. The van der Waals surface area contributed by atoms with Gasteiger partial charge >= 0.3 is 0 Å². The van der Waals surface area contributed by atoms with Crippen LogP contribution >= 0.6 is 19.6 Å². The Kier molecular flexibility index (Phi) is 5.60. The van der Waals surface area contributed by atoms with Crippen LogP contribution in [0.3, 0.4) is 0 Å². The van der Waals surface area contributed by atoms with Crippen LogP contribution in [0.4, 0.5) is 0 Å². The highest BCUT2D eigenvalue weighted by atomic mass is 32.4. The van der Waals surface area contributed by atoms with E-state index in [0.717, 1.165) is 7.36 Å². The summed E-state index contributed by atoms with van der Waals surface area (Å²) >= 11 is 8.76. The molecule has 0 heterocycles. The molecule has 0 N–H and O–H groups in total. The first-order valence-corrected chi connectivity index (χ1v) is 3.74. The molecule has 0 rings (SSSR count). The Morgan fingerprint density at radius 1 is 1.83 bits per heavy atom. The zero-order valence-electron chi connectivity index (χ0n) is 2.92. The largest absolute Gasteiger partial charge is 0.223 e. The highest BCUT2D eigenvalue weighted by Crippen LogP contribution is 1.87. The Morgan fingerprint density at radius 2 is 2.50 bits per heavy atom. The van der Waals surface area contributed by atoms with E-state index in [-0.39, 0.29) is 0 Å². The summed E-state index contributed by atoms with van der Waals surface area (Å²) in [6.45, 7) is 0. The van der Waals surface area contributed by atoms with E-state index in [0.29, 0.717) is 6.29 Å². The van der Waals surface area contributed by atoms with Gasteiger partial charge in [0, 0.05) is 0 Å². The number of thiocarbonyl (C=S) groups is 1. The van der Waals surface area contributed by atoms with Crippen molar-refractivity contribution in [3.05, 3.63) is 0 Å². The molecule has 0 spiro atoms. The molecular formula is C2H2NPS2. The van der Waals surface area contributed by atoms with Gasteiger partial charge in [-0.1, -0.05) is 11.8 Å². The molecule has 0 aliphatic carbocycles. The van der Waals surface area contributed by atoms with Gasteiger partial charge in [-0.15, -0.1) is 0 Å². The lowest BCUT2D eigenvalue weighted by molar-refractivity contribution is 1.42. The smallest absolute Gasteiger partial charge is 0.101 e. The molecule has 4 heteroatoms. The minimum Gasteiger partial charge on any atom is -0.223 e. The van der Waals surface area contributed by atoms with E-state index in [4.69, 9.17) is 0 Å². The van der Waals surface area contributed by atoms with E-state index in [9.17, 15) is 0 Å². The molecule has 0 aliphatic rings. The van der Waals surface area contributed by atoms with Crippen LogP contribution in [0.25, 0.3) is 0 Å². The summed E-state index contributed by atoms with van der Waals surface area (Å²) in [6.07, 6.45) is 0.610. The van der Waals surface area contributed by atoms with E-state index in [2.05, 4.69) is 34.2 Å². The standard InChI is InChI=1S/C2H2NPS2/c5-2-3-1-4-6/h1H2. The third-order valence-electron chi connectivity index (χ3n) is 0.193. The van der Waals surface area contributed by atoms with Gasteiger partial charge in [0.2, 0.25) is 0 Å². The monoisotopic (exact) mass is 135 g/mol. The second-order valence-corrected chi connectivity index (χ2v) is 2.02. The third kappa shape index (κ3) is 4.32. The van der Waals surface area contributed by atoms with Crippen molar-refractivity contribution in [3.8, 4) is 0 Å². The summed E-state index contributed by atoms with van der Waals surface area (Å²) in [5, 5.41) is 2.20. The van der Waals surface area contributed by atoms with E-state index in [1.807, 2.05) is 0 Å². The highest BCUT2D eigenvalue weighted by Gasteiger charge is 1.59. The summed E-state index contributed by atoms with van der Waals surface area (Å²) < 4.78 is 0. The number of hydrogen-bond donors (Lipinski definition) is 0. The van der Waals surface area contributed by atoms with Crippen molar-refractivity contribution < 1.29 is 0 Å². The van der Waals surface area contributed by atoms with Crippen LogP contribution in [0.2, 0.25) is 0 Å². The van der Waals surface area contributed by atoms with Crippen molar-refractivity contribution in [1.82, 2.24) is 0 Å². The van der Waals surface area contributed by atoms with Gasteiger partial charge in [0.25, 0.3) is 0 Å². The molecule has 1 nitrogen and oxygen atoms in total. The Hall–Kier alpha value is 0.320. The number of isothiocyanates is 1. The van der Waals surface area contributed by atoms with Gasteiger partial charge in [0.1, 0.15) is 6.29 Å². The maximum absolute atomic E-state index is 4.51. The molecule has 0 aromatic heterocycles. The zero-order valence-corrected chi connectivity index (χ0v) is 5.45. The predicted octanol–water partition coefficient (Wildman–Crippen LogP) is 1.45. The minimum absolute atomic E-state index is 0.610. The maximum Gasteiger partial charge on any atom is 0.101 e. The van der Waals surface area contributed by atoms with Crippen LogP contribution in [0.1, 0.15) is 0 Å². The van der Waals surface area contributed by atoms with Crippen molar-refractivity contribution in [2.45, 2.75) is 0 Å². The molecule has 6 heavy (non-hydrogen) atoms. The minimum atomic E-state index is 0.610. The predicted molar refractivity (Wildman–Crippen MR) is 34.2 cm³/mol. The lowest BCUT2D eigenvalue weighted by Gasteiger charge is -1.63. The second kappa shape index (κ2) is 5.32. The van der Waals surface area contributed by atoms with Crippen LogP contribution in [0.5, 0.6) is 0 Å². The van der Waals surface area contributed by atoms with Gasteiger partial charge in [0.15, 0.2) is 0 Å². The molecule has 0 atom stereocenters. The zero-order chi connectivity index (χ0) is 4.83. The van der Waals surface area contributed by atoms with E-state index in [1.165, 1.54) is 0 Å². The first kappa shape index (κ1) is 6.32. The van der Waals surface area contributed by atoms with Crippen LogP contribution in [-0.2, 0) is 11.8 Å². The average molecular weight is 135 g/mol. The molecule has 0 unspecified atom stereocenters. The van der Waals surface area contributed by atoms with E-state index < -0.39 is 0 Å². The molecule has 0 aromatic rings. The molecule has 32 valence electrons. The first-order chi connectivity index (χ1) is 2.91. The quantitative estimate of drug-likeness (QED) is 0.323. The summed E-state index contributed by atoms with van der Waals surface area (Å²) in [7, 11) is 0.833. The third-order valence-corrected chi connectivity index (χ3v) is 0.925. The first-order valence-electron chi connectivity index (χ1n) is 1.24. The normalized spacial score (nSPS) is 7.33. The average Bonchev–Trinajstić information content (AvgIpc) is 1.61. The molecule has 0 aromatic carbocycles. The molecule has 0 bridgehead atoms. The molecule has 0 aliphatic heterocycles. The van der Waals surface area contributed by atoms with Crippen molar-refractivity contribution in [1.29, 1.82) is 0 Å². The van der Waals surface area contributed by atoms with Gasteiger partial charge in [-0.25, -0.2) is 4.99 Å². The molecule has 0 fully saturated rings. The fourth-order valence-corrected chi connectivity index (χ4v) is 0.520. The topological polar surface area (TPSA) is 12.4 Å². The van der Waals surface area contributed by atoms with E-state index >= 15 is 0 Å². The number of rotatable bonds is 2. The number of hydrogen-bond acceptors (Lipinski definition) is 3. The van der Waals surface area contributed by atoms with Crippen molar-refractivity contribution in [3.63, 3.8) is 0 Å².